The molecule has 5 nitrogen and oxygen atoms in total. The third kappa shape index (κ3) is 3.70. The summed E-state index contributed by atoms with van der Waals surface area (Å²) in [6.07, 6.45) is 0. The minimum atomic E-state index is -0.374. The molecule has 0 saturated carbocycles. The number of amides is 1. The highest BCUT2D eigenvalue weighted by Gasteiger charge is 2.27. The van der Waals surface area contributed by atoms with Crippen molar-refractivity contribution in [1.29, 1.82) is 0 Å². The van der Waals surface area contributed by atoms with E-state index < -0.39 is 0 Å². The summed E-state index contributed by atoms with van der Waals surface area (Å²) in [6, 6.07) is 14.9. The number of ether oxygens (including phenoxy) is 1. The second-order valence-electron chi connectivity index (χ2n) is 5.71. The van der Waals surface area contributed by atoms with Crippen molar-refractivity contribution < 1.29 is 14.6 Å². The molecule has 0 aliphatic carbocycles. The molecule has 1 heterocycles. The maximum absolute atomic E-state index is 11.6. The van der Waals surface area contributed by atoms with Crippen LogP contribution in [0.1, 0.15) is 5.56 Å². The number of primary amides is 1. The van der Waals surface area contributed by atoms with Crippen LogP contribution in [-0.4, -0.2) is 41.7 Å². The smallest absolute Gasteiger partial charge is 0.237 e. The molecule has 23 heavy (non-hydrogen) atoms. The first-order valence-corrected chi connectivity index (χ1v) is 7.63. The topological polar surface area (TPSA) is 75.8 Å². The Labute approximate surface area is 135 Å². The Morgan fingerprint density at radius 3 is 2.74 bits per heavy atom. The Hall–Kier alpha value is -2.37. The number of nitrogens with zero attached hydrogens (tertiary/aromatic N) is 1. The van der Waals surface area contributed by atoms with Gasteiger partial charge in [-0.15, -0.1) is 0 Å². The maximum atomic E-state index is 11.6. The summed E-state index contributed by atoms with van der Waals surface area (Å²) in [5, 5.41) is 9.39. The Bertz CT molecular complexity index is 685. The number of phenolic OH excluding ortho intramolecular Hbond substituents is 1. The van der Waals surface area contributed by atoms with Gasteiger partial charge >= 0.3 is 0 Å². The van der Waals surface area contributed by atoms with Gasteiger partial charge in [-0.2, -0.15) is 0 Å². The van der Waals surface area contributed by atoms with Crippen molar-refractivity contribution in [3.63, 3.8) is 0 Å². The van der Waals surface area contributed by atoms with Crippen LogP contribution >= 0.6 is 0 Å². The van der Waals surface area contributed by atoms with E-state index in [1.54, 1.807) is 12.1 Å². The molecule has 2 aromatic rings. The van der Waals surface area contributed by atoms with Gasteiger partial charge in [-0.1, -0.05) is 30.3 Å². The highest BCUT2D eigenvalue weighted by Crippen LogP contribution is 2.23. The van der Waals surface area contributed by atoms with E-state index in [2.05, 4.69) is 11.0 Å². The van der Waals surface area contributed by atoms with Gasteiger partial charge in [0.2, 0.25) is 5.91 Å². The van der Waals surface area contributed by atoms with Crippen LogP contribution in [-0.2, 0) is 16.1 Å². The average Bonchev–Trinajstić information content (AvgIpc) is 2.56. The van der Waals surface area contributed by atoms with Gasteiger partial charge in [0.25, 0.3) is 0 Å². The zero-order valence-corrected chi connectivity index (χ0v) is 12.8. The summed E-state index contributed by atoms with van der Waals surface area (Å²) in [5.41, 5.74) is 8.69. The van der Waals surface area contributed by atoms with E-state index in [4.69, 9.17) is 10.5 Å². The summed E-state index contributed by atoms with van der Waals surface area (Å²) < 4.78 is 5.35. The zero-order chi connectivity index (χ0) is 16.2. The van der Waals surface area contributed by atoms with Gasteiger partial charge in [0.05, 0.1) is 13.2 Å². The minimum Gasteiger partial charge on any atom is -0.508 e. The highest BCUT2D eigenvalue weighted by molar-refractivity contribution is 5.80. The summed E-state index contributed by atoms with van der Waals surface area (Å²) in [6.45, 7) is 2.31. The van der Waals surface area contributed by atoms with Gasteiger partial charge in [0.15, 0.2) is 0 Å². The number of hydrogen-bond acceptors (Lipinski definition) is 4. The van der Waals surface area contributed by atoms with E-state index in [0.29, 0.717) is 26.3 Å². The van der Waals surface area contributed by atoms with Crippen molar-refractivity contribution in [2.45, 2.75) is 12.6 Å². The number of carbonyl (C=O) groups is 1. The van der Waals surface area contributed by atoms with E-state index in [9.17, 15) is 9.90 Å². The molecular weight excluding hydrogens is 292 g/mol. The molecule has 2 aromatic carbocycles. The molecule has 3 rings (SSSR count). The molecule has 0 aromatic heterocycles. The number of rotatable bonds is 4. The Kier molecular flexibility index (Phi) is 4.60. The number of morpholine rings is 1. The van der Waals surface area contributed by atoms with E-state index in [0.717, 1.165) is 16.7 Å². The molecule has 1 aliphatic heterocycles. The normalized spacial score (nSPS) is 18.7. The summed E-state index contributed by atoms with van der Waals surface area (Å²) in [4.78, 5) is 13.6. The molecule has 0 unspecified atom stereocenters. The molecule has 0 radical (unpaired) electrons. The van der Waals surface area contributed by atoms with E-state index in [1.807, 2.05) is 30.3 Å². The van der Waals surface area contributed by atoms with Crippen molar-refractivity contribution in [3.8, 4) is 16.9 Å². The Balaban J connectivity index is 1.79. The predicted molar refractivity (Wildman–Crippen MR) is 87.8 cm³/mol. The summed E-state index contributed by atoms with van der Waals surface area (Å²) >= 11 is 0. The van der Waals surface area contributed by atoms with Crippen molar-refractivity contribution in [3.05, 3.63) is 54.1 Å². The van der Waals surface area contributed by atoms with Crippen LogP contribution in [0, 0.1) is 0 Å². The third-order valence-electron chi connectivity index (χ3n) is 4.08. The molecule has 0 spiro atoms. The number of phenols is 1. The number of benzene rings is 2. The molecule has 1 fully saturated rings. The van der Waals surface area contributed by atoms with Crippen LogP contribution < -0.4 is 5.73 Å². The highest BCUT2D eigenvalue weighted by atomic mass is 16.5. The fourth-order valence-electron chi connectivity index (χ4n) is 2.83. The van der Waals surface area contributed by atoms with E-state index in [1.165, 1.54) is 0 Å². The van der Waals surface area contributed by atoms with Crippen LogP contribution in [0.25, 0.3) is 11.1 Å². The van der Waals surface area contributed by atoms with Crippen molar-refractivity contribution in [1.82, 2.24) is 4.90 Å². The maximum Gasteiger partial charge on any atom is 0.237 e. The fraction of sp³-hybridized carbons (Fsp3) is 0.278. The lowest BCUT2D eigenvalue weighted by Gasteiger charge is -2.33. The molecule has 1 amide bonds. The van der Waals surface area contributed by atoms with Gasteiger partial charge in [-0.25, -0.2) is 0 Å². The van der Waals surface area contributed by atoms with Gasteiger partial charge in [0, 0.05) is 13.1 Å². The van der Waals surface area contributed by atoms with Crippen molar-refractivity contribution in [2.75, 3.05) is 19.8 Å². The molecule has 3 N–H and O–H groups in total. The van der Waals surface area contributed by atoms with Gasteiger partial charge in [0.1, 0.15) is 11.8 Å². The lowest BCUT2D eigenvalue weighted by Crippen LogP contribution is -2.51. The number of nitrogens with two attached hydrogens (primary N) is 1. The van der Waals surface area contributed by atoms with E-state index >= 15 is 0 Å². The Morgan fingerprint density at radius 2 is 2.00 bits per heavy atom. The lowest BCUT2D eigenvalue weighted by atomic mass is 10.0. The lowest BCUT2D eigenvalue weighted by molar-refractivity contribution is -0.129. The fourth-order valence-corrected chi connectivity index (χ4v) is 2.83. The zero-order valence-electron chi connectivity index (χ0n) is 12.8. The van der Waals surface area contributed by atoms with Crippen LogP contribution in [0.3, 0.4) is 0 Å². The summed E-state index contributed by atoms with van der Waals surface area (Å²) in [7, 11) is 0. The molecular formula is C18H20N2O3. The molecule has 5 heteroatoms. The van der Waals surface area contributed by atoms with Gasteiger partial charge < -0.3 is 15.6 Å². The predicted octanol–water partition coefficient (Wildman–Crippen LogP) is 1.75. The summed E-state index contributed by atoms with van der Waals surface area (Å²) in [5.74, 6) is -0.0955. The number of carbonyl (C=O) groups excluding carboxylic acids is 1. The van der Waals surface area contributed by atoms with Crippen molar-refractivity contribution >= 4 is 5.91 Å². The molecule has 0 bridgehead atoms. The first kappa shape index (κ1) is 15.5. The van der Waals surface area contributed by atoms with Crippen LogP contribution in [0.2, 0.25) is 0 Å². The second kappa shape index (κ2) is 6.81. The quantitative estimate of drug-likeness (QED) is 0.902. The first-order valence-electron chi connectivity index (χ1n) is 7.63. The van der Waals surface area contributed by atoms with Crippen molar-refractivity contribution in [2.24, 2.45) is 5.73 Å². The Morgan fingerprint density at radius 1 is 1.22 bits per heavy atom. The SMILES string of the molecule is NC(=O)[C@H]1COCCN1Cc1cccc(-c2ccc(O)cc2)c1. The minimum absolute atomic E-state index is 0.252. The monoisotopic (exact) mass is 312 g/mol. The molecule has 120 valence electrons. The first-order chi connectivity index (χ1) is 11.1. The molecule has 1 atom stereocenters. The van der Waals surface area contributed by atoms with E-state index in [-0.39, 0.29) is 17.7 Å². The van der Waals surface area contributed by atoms with Crippen LogP contribution in [0.15, 0.2) is 48.5 Å². The average molecular weight is 312 g/mol. The molecule has 1 saturated heterocycles. The third-order valence-corrected chi connectivity index (χ3v) is 4.08. The second-order valence-corrected chi connectivity index (χ2v) is 5.71. The standard InChI is InChI=1S/C18H20N2O3/c19-18(22)17-12-23-9-8-20(17)11-13-2-1-3-15(10-13)14-4-6-16(21)7-5-14/h1-7,10,17,21H,8-9,11-12H2,(H2,19,22)/t17-/m1/s1. The molecule has 1 aliphatic rings. The van der Waals surface area contributed by atoms with Crippen LogP contribution in [0.5, 0.6) is 5.75 Å². The van der Waals surface area contributed by atoms with Crippen LogP contribution in [0.4, 0.5) is 0 Å². The number of aromatic hydroxyl groups is 1. The van der Waals surface area contributed by atoms with Gasteiger partial charge in [-0.3, -0.25) is 9.69 Å². The number of hydrogen-bond donors (Lipinski definition) is 2. The van der Waals surface area contributed by atoms with Gasteiger partial charge in [-0.05, 0) is 34.9 Å². The largest absolute Gasteiger partial charge is 0.508 e.